The van der Waals surface area contributed by atoms with Crippen LogP contribution in [0.3, 0.4) is 0 Å². The number of isocyanates is 1. The Balaban J connectivity index is 2.21. The molecule has 0 bridgehead atoms. The van der Waals surface area contributed by atoms with Gasteiger partial charge in [-0.3, -0.25) is 0 Å². The number of para-hydroxylation sites is 1. The fourth-order valence-corrected chi connectivity index (χ4v) is 1.79. The molecule has 2 rings (SSSR count). The van der Waals surface area contributed by atoms with Gasteiger partial charge in [-0.15, -0.1) is 0 Å². The van der Waals surface area contributed by atoms with E-state index in [1.165, 1.54) is 0 Å². The summed E-state index contributed by atoms with van der Waals surface area (Å²) in [5.41, 5.74) is 1.10. The van der Waals surface area contributed by atoms with Crippen LogP contribution in [0, 0.1) is 0 Å². The first-order chi connectivity index (χ1) is 7.42. The molecule has 0 saturated carbocycles. The lowest BCUT2D eigenvalue weighted by Crippen LogP contribution is -2.50. The molecule has 1 aromatic rings. The minimum absolute atomic E-state index is 0.126. The van der Waals surface area contributed by atoms with Crippen LogP contribution in [0.5, 0.6) is 0 Å². The Hall–Kier alpha value is -1.64. The first kappa shape index (κ1) is 9.90. The van der Waals surface area contributed by atoms with Gasteiger partial charge in [0, 0.05) is 25.3 Å². The summed E-state index contributed by atoms with van der Waals surface area (Å²) in [4.78, 5) is 16.2. The van der Waals surface area contributed by atoms with E-state index in [0.717, 1.165) is 18.8 Å². The zero-order chi connectivity index (χ0) is 10.5. The fourth-order valence-electron chi connectivity index (χ4n) is 1.79. The van der Waals surface area contributed by atoms with Crippen molar-refractivity contribution in [3.05, 3.63) is 30.3 Å². The second kappa shape index (κ2) is 4.73. The third kappa shape index (κ3) is 2.24. The molecule has 1 N–H and O–H groups in total. The summed E-state index contributed by atoms with van der Waals surface area (Å²) in [6.07, 6.45) is 1.50. The maximum atomic E-state index is 10.3. The van der Waals surface area contributed by atoms with E-state index in [-0.39, 0.29) is 6.17 Å². The first-order valence-electron chi connectivity index (χ1n) is 5.01. The van der Waals surface area contributed by atoms with Crippen LogP contribution in [0.2, 0.25) is 0 Å². The Labute approximate surface area is 88.6 Å². The quantitative estimate of drug-likeness (QED) is 0.570. The van der Waals surface area contributed by atoms with Gasteiger partial charge in [0.1, 0.15) is 6.17 Å². The van der Waals surface area contributed by atoms with E-state index in [1.807, 2.05) is 30.3 Å². The van der Waals surface area contributed by atoms with Crippen LogP contribution in [0.15, 0.2) is 35.3 Å². The number of anilines is 1. The zero-order valence-electron chi connectivity index (χ0n) is 8.39. The summed E-state index contributed by atoms with van der Waals surface area (Å²) >= 11 is 0. The van der Waals surface area contributed by atoms with E-state index in [4.69, 9.17) is 0 Å². The van der Waals surface area contributed by atoms with E-state index < -0.39 is 0 Å². The van der Waals surface area contributed by atoms with Crippen molar-refractivity contribution in [1.29, 1.82) is 0 Å². The first-order valence-corrected chi connectivity index (χ1v) is 5.01. The highest BCUT2D eigenvalue weighted by molar-refractivity contribution is 5.48. The SMILES string of the molecule is O=C=NC1CNCCN1c1ccccc1. The Kier molecular flexibility index (Phi) is 3.12. The Morgan fingerprint density at radius 2 is 2.20 bits per heavy atom. The molecule has 1 aromatic carbocycles. The molecule has 0 amide bonds. The van der Waals surface area contributed by atoms with E-state index in [9.17, 15) is 4.79 Å². The third-order valence-electron chi connectivity index (χ3n) is 2.51. The molecule has 0 aliphatic carbocycles. The van der Waals surface area contributed by atoms with Crippen molar-refractivity contribution in [2.24, 2.45) is 4.99 Å². The molecule has 1 saturated heterocycles. The molecule has 0 spiro atoms. The molecule has 1 heterocycles. The van der Waals surface area contributed by atoms with Crippen molar-refractivity contribution >= 4 is 11.8 Å². The van der Waals surface area contributed by atoms with Gasteiger partial charge in [-0.05, 0) is 12.1 Å². The lowest BCUT2D eigenvalue weighted by molar-refractivity contribution is 0.481. The molecular weight excluding hydrogens is 190 g/mol. The van der Waals surface area contributed by atoms with Gasteiger partial charge in [0.15, 0.2) is 0 Å². The number of piperazine rings is 1. The van der Waals surface area contributed by atoms with Crippen molar-refractivity contribution in [2.45, 2.75) is 6.17 Å². The molecule has 1 unspecified atom stereocenters. The van der Waals surface area contributed by atoms with Crippen LogP contribution in [0.1, 0.15) is 0 Å². The molecule has 15 heavy (non-hydrogen) atoms. The number of rotatable bonds is 2. The second-order valence-corrected chi connectivity index (χ2v) is 3.43. The van der Waals surface area contributed by atoms with Crippen LogP contribution in [-0.2, 0) is 4.79 Å². The van der Waals surface area contributed by atoms with Crippen LogP contribution in [0.25, 0.3) is 0 Å². The number of hydrogen-bond donors (Lipinski definition) is 1. The molecular formula is C11H13N3O. The Morgan fingerprint density at radius 1 is 1.40 bits per heavy atom. The van der Waals surface area contributed by atoms with Crippen molar-refractivity contribution in [1.82, 2.24) is 5.32 Å². The summed E-state index contributed by atoms with van der Waals surface area (Å²) in [5.74, 6) is 0. The molecule has 1 aliphatic rings. The monoisotopic (exact) mass is 203 g/mol. The molecule has 1 fully saturated rings. The highest BCUT2D eigenvalue weighted by Crippen LogP contribution is 2.17. The average Bonchev–Trinajstić information content (AvgIpc) is 2.31. The molecule has 4 nitrogen and oxygen atoms in total. The van der Waals surface area contributed by atoms with Gasteiger partial charge < -0.3 is 10.2 Å². The van der Waals surface area contributed by atoms with E-state index in [1.54, 1.807) is 6.08 Å². The number of nitrogens with one attached hydrogen (secondary N) is 1. The van der Waals surface area contributed by atoms with Crippen molar-refractivity contribution in [3.63, 3.8) is 0 Å². The molecule has 1 aliphatic heterocycles. The number of hydrogen-bond acceptors (Lipinski definition) is 4. The zero-order valence-corrected chi connectivity index (χ0v) is 8.39. The second-order valence-electron chi connectivity index (χ2n) is 3.43. The molecule has 0 radical (unpaired) electrons. The fraction of sp³-hybridized carbons (Fsp3) is 0.364. The van der Waals surface area contributed by atoms with Crippen molar-refractivity contribution in [3.8, 4) is 0 Å². The maximum absolute atomic E-state index is 10.3. The van der Waals surface area contributed by atoms with Crippen LogP contribution in [0.4, 0.5) is 5.69 Å². The summed E-state index contributed by atoms with van der Waals surface area (Å²) in [5, 5.41) is 3.21. The smallest absolute Gasteiger partial charge is 0.237 e. The van der Waals surface area contributed by atoms with Crippen molar-refractivity contribution in [2.75, 3.05) is 24.5 Å². The molecule has 1 atom stereocenters. The third-order valence-corrected chi connectivity index (χ3v) is 2.51. The van der Waals surface area contributed by atoms with E-state index >= 15 is 0 Å². The summed E-state index contributed by atoms with van der Waals surface area (Å²) in [6, 6.07) is 10.00. The predicted molar refractivity (Wildman–Crippen MR) is 58.6 cm³/mol. The number of carbonyl (C=O) groups excluding carboxylic acids is 1. The van der Waals surface area contributed by atoms with Gasteiger partial charge in [-0.2, -0.15) is 4.99 Å². The van der Waals surface area contributed by atoms with Gasteiger partial charge in [0.2, 0.25) is 6.08 Å². The van der Waals surface area contributed by atoms with E-state index in [0.29, 0.717) is 6.54 Å². The van der Waals surface area contributed by atoms with Crippen LogP contribution in [-0.4, -0.2) is 31.9 Å². The maximum Gasteiger partial charge on any atom is 0.237 e. The van der Waals surface area contributed by atoms with Gasteiger partial charge in [0.05, 0.1) is 0 Å². The van der Waals surface area contributed by atoms with Gasteiger partial charge in [-0.25, -0.2) is 4.79 Å². The van der Waals surface area contributed by atoms with Crippen LogP contribution >= 0.6 is 0 Å². The average molecular weight is 203 g/mol. The minimum atomic E-state index is -0.126. The summed E-state index contributed by atoms with van der Waals surface area (Å²) < 4.78 is 0. The highest BCUT2D eigenvalue weighted by atomic mass is 16.1. The van der Waals surface area contributed by atoms with Crippen molar-refractivity contribution < 1.29 is 4.79 Å². The number of nitrogens with zero attached hydrogens (tertiary/aromatic N) is 2. The normalized spacial score (nSPS) is 20.8. The van der Waals surface area contributed by atoms with E-state index in [2.05, 4.69) is 15.2 Å². The number of aliphatic imine (C=N–C) groups is 1. The van der Waals surface area contributed by atoms with Gasteiger partial charge in [0.25, 0.3) is 0 Å². The summed E-state index contributed by atoms with van der Waals surface area (Å²) in [7, 11) is 0. The largest absolute Gasteiger partial charge is 0.347 e. The standard InChI is InChI=1S/C11H13N3O/c15-9-13-11-8-12-6-7-14(11)10-4-2-1-3-5-10/h1-5,11-12H,6-8H2. The molecule has 4 heteroatoms. The predicted octanol–water partition coefficient (Wildman–Crippen LogP) is 0.758. The molecule has 0 aromatic heterocycles. The summed E-state index contributed by atoms with van der Waals surface area (Å²) in [6.45, 7) is 2.48. The van der Waals surface area contributed by atoms with Gasteiger partial charge >= 0.3 is 0 Å². The number of benzene rings is 1. The van der Waals surface area contributed by atoms with Gasteiger partial charge in [-0.1, -0.05) is 18.2 Å². The Bertz CT molecular complexity index is 359. The minimum Gasteiger partial charge on any atom is -0.347 e. The molecule has 78 valence electrons. The lowest BCUT2D eigenvalue weighted by atomic mass is 10.2. The topological polar surface area (TPSA) is 44.7 Å². The Morgan fingerprint density at radius 3 is 2.93 bits per heavy atom. The van der Waals surface area contributed by atoms with Crippen LogP contribution < -0.4 is 10.2 Å². The highest BCUT2D eigenvalue weighted by Gasteiger charge is 2.21. The lowest BCUT2D eigenvalue weighted by Gasteiger charge is -2.34.